The number of pyridine rings is 4. The number of rotatable bonds is 38. The van der Waals surface area contributed by atoms with Crippen molar-refractivity contribution in [3.05, 3.63) is 71.3 Å². The number of ether oxygens (including phenoxy) is 12. The molecule has 0 bridgehead atoms. The number of likely N-dealkylation sites (N-methyl/N-ethyl adjacent to an activating group) is 2. The van der Waals surface area contributed by atoms with Crippen LogP contribution in [0.15, 0.2) is 49.1 Å². The van der Waals surface area contributed by atoms with Crippen LogP contribution in [-0.4, -0.2) is 199 Å². The molecule has 4 atom stereocenters. The third kappa shape index (κ3) is 32.5. The Balaban J connectivity index is 0.00000112. The molecule has 4 aromatic rings. The van der Waals surface area contributed by atoms with Crippen LogP contribution in [0.3, 0.4) is 0 Å². The third-order valence-corrected chi connectivity index (χ3v) is 13.7. The number of hydrogen-bond donors (Lipinski definition) is 3. The number of nitrogens with one attached hydrogen (secondary N) is 2. The molecule has 0 aromatic carbocycles. The van der Waals surface area contributed by atoms with Crippen LogP contribution in [0.5, 0.6) is 46.5 Å². The molecule has 90 heavy (non-hydrogen) atoms. The number of methoxy groups -OCH3 is 8. The molecule has 0 aliphatic heterocycles. The van der Waals surface area contributed by atoms with Gasteiger partial charge in [0.1, 0.15) is 0 Å². The number of aryl methyl sites for hydroxylation is 1. The molecule has 0 spiro atoms. The van der Waals surface area contributed by atoms with Gasteiger partial charge >= 0.3 is 0 Å². The minimum absolute atomic E-state index is 0.00519. The Bertz CT molecular complexity index is 2560. The Hall–Kier alpha value is -6.51. The molecular formula is C66H112N8O16. The summed E-state index contributed by atoms with van der Waals surface area (Å²) >= 11 is 0. The molecule has 24 nitrogen and oxygen atoms in total. The topological polar surface area (TPSA) is 276 Å². The maximum absolute atomic E-state index is 12.5. The second kappa shape index (κ2) is 49.2. The highest BCUT2D eigenvalue weighted by molar-refractivity contribution is 6.01. The number of hydrogen-bond acceptors (Lipinski definition) is 23. The van der Waals surface area contributed by atoms with E-state index in [1.165, 1.54) is 38.8 Å². The highest BCUT2D eigenvalue weighted by Gasteiger charge is 2.25. The van der Waals surface area contributed by atoms with Gasteiger partial charge in [0.15, 0.2) is 34.6 Å². The van der Waals surface area contributed by atoms with Gasteiger partial charge in [-0.2, -0.15) is 0 Å². The van der Waals surface area contributed by atoms with E-state index in [-0.39, 0.29) is 41.3 Å². The summed E-state index contributed by atoms with van der Waals surface area (Å²) in [5, 5.41) is 7.65. The van der Waals surface area contributed by atoms with E-state index in [0.717, 1.165) is 43.2 Å². The highest BCUT2D eigenvalue weighted by Crippen LogP contribution is 2.30. The van der Waals surface area contributed by atoms with Crippen LogP contribution in [0.4, 0.5) is 0 Å². The van der Waals surface area contributed by atoms with Gasteiger partial charge < -0.3 is 73.2 Å². The zero-order valence-electron chi connectivity index (χ0n) is 58.3. The van der Waals surface area contributed by atoms with E-state index in [4.69, 9.17) is 67.4 Å². The van der Waals surface area contributed by atoms with Crippen LogP contribution in [0.2, 0.25) is 0 Å². The van der Waals surface area contributed by atoms with Crippen molar-refractivity contribution < 1.29 is 76.1 Å². The minimum Gasteiger partial charge on any atom is -0.488 e. The first kappa shape index (κ1) is 83.5. The Morgan fingerprint density at radius 1 is 0.478 bits per heavy atom. The maximum atomic E-state index is 12.5. The molecule has 0 unspecified atom stereocenters. The maximum Gasteiger partial charge on any atom is 0.256 e. The van der Waals surface area contributed by atoms with Gasteiger partial charge in [-0.05, 0) is 86.5 Å². The van der Waals surface area contributed by atoms with Crippen LogP contribution in [-0.2, 0) is 35.0 Å². The molecule has 0 aliphatic carbocycles. The van der Waals surface area contributed by atoms with E-state index in [1.807, 2.05) is 80.8 Å². The van der Waals surface area contributed by atoms with Gasteiger partial charge in [-0.1, -0.05) is 62.3 Å². The molecule has 4 aromatic heterocycles. The number of carbonyl (C=O) groups is 3. The molecule has 4 N–H and O–H groups in total. The SMILES string of the molecule is CN[C@@H](C(=O)c1cnc(OC)c(OCCCOC)c1)C(C)C.CN[C@@H](Cc1cnc(OC)c(OCCCOC)c1)C(C)C.COCCCOc1cc(C(=O)[C@H](N)C(C)C)cnc1OC.COCCCOc1cc(C)cnc1OC.CON(C)C(=O)[C@H](C)C(C)C. The van der Waals surface area contributed by atoms with E-state index < -0.39 is 6.04 Å². The molecular weight excluding hydrogens is 1160 g/mol. The Morgan fingerprint density at radius 3 is 1.19 bits per heavy atom. The number of hydroxylamine groups is 2. The van der Waals surface area contributed by atoms with Gasteiger partial charge in [0, 0.05) is 135 Å². The normalized spacial score (nSPS) is 12.1. The lowest BCUT2D eigenvalue weighted by atomic mass is 9.96. The number of amides is 1. The van der Waals surface area contributed by atoms with Gasteiger partial charge in [-0.3, -0.25) is 19.2 Å². The first-order valence-corrected chi connectivity index (χ1v) is 30.5. The number of aromatic nitrogens is 4. The molecule has 4 rings (SSSR count). The average Bonchev–Trinajstić information content (AvgIpc) is 1.21. The van der Waals surface area contributed by atoms with E-state index in [0.29, 0.717) is 128 Å². The summed E-state index contributed by atoms with van der Waals surface area (Å²) in [6, 6.07) is 6.86. The lowest BCUT2D eigenvalue weighted by molar-refractivity contribution is -0.174. The number of carbonyl (C=O) groups excluding carboxylic acids is 3. The predicted molar refractivity (Wildman–Crippen MR) is 350 cm³/mol. The smallest absolute Gasteiger partial charge is 0.256 e. The fourth-order valence-corrected chi connectivity index (χ4v) is 7.84. The standard InChI is InChI=1S/C16H26N2O4.C16H28N2O3.C15H24N2O4.C11H17NO3.C8H17NO2/c1-11(2)14(17-3)15(19)12-9-13(16(21-5)18-10-12)22-8-6-7-20-4;1-12(2)14(17-3)9-13-10-15(16(20-5)18-11-13)21-8-6-7-19-4;1-10(2)13(16)14(18)11-8-12(15(20-4)17-9-11)21-7-5-6-19-3;1-9-7-10(11(14-3)12-8-9)15-6-4-5-13-2;1-6(2)7(3)8(10)9(4)11-5/h9-11,14,17H,6-8H2,1-5H3;10-12,14,17H,6-9H2,1-5H3;8-10,13H,5-7,16H2,1-4H3;7-8H,4-6H2,1-3H3;6-7H,1-5H3/t2*14-;13-;;7-/m101.1/s1. The summed E-state index contributed by atoms with van der Waals surface area (Å²) in [6.45, 7) is 24.9. The fourth-order valence-electron chi connectivity index (χ4n) is 7.84. The van der Waals surface area contributed by atoms with Crippen molar-refractivity contribution in [1.29, 1.82) is 0 Å². The van der Waals surface area contributed by atoms with E-state index >= 15 is 0 Å². The minimum atomic E-state index is -0.554. The number of nitrogens with zero attached hydrogens (tertiary/aromatic N) is 5. The summed E-state index contributed by atoms with van der Waals surface area (Å²) in [5.41, 5.74) is 9.02. The highest BCUT2D eigenvalue weighted by atomic mass is 16.7. The van der Waals surface area contributed by atoms with Crippen molar-refractivity contribution in [1.82, 2.24) is 35.6 Å². The number of Topliss-reactive ketones (excluding diaryl/α,β-unsaturated/α-hetero) is 2. The first-order chi connectivity index (χ1) is 42.9. The average molecular weight is 1270 g/mol. The van der Waals surface area contributed by atoms with E-state index in [1.54, 1.807) is 75.1 Å². The van der Waals surface area contributed by atoms with Crippen molar-refractivity contribution >= 4 is 17.5 Å². The molecule has 4 heterocycles. The van der Waals surface area contributed by atoms with Crippen molar-refractivity contribution in [2.45, 2.75) is 119 Å². The zero-order chi connectivity index (χ0) is 68.1. The Kier molecular flexibility index (Phi) is 45.7. The van der Waals surface area contributed by atoms with Crippen molar-refractivity contribution in [2.75, 3.05) is 138 Å². The summed E-state index contributed by atoms with van der Waals surface area (Å²) < 4.78 is 63.1. The first-order valence-electron chi connectivity index (χ1n) is 30.5. The van der Waals surface area contributed by atoms with Crippen molar-refractivity contribution in [2.24, 2.45) is 35.3 Å². The molecule has 0 saturated heterocycles. The van der Waals surface area contributed by atoms with Gasteiger partial charge in [-0.15, -0.1) is 0 Å². The predicted octanol–water partition coefficient (Wildman–Crippen LogP) is 9.01. The van der Waals surface area contributed by atoms with E-state index in [9.17, 15) is 14.4 Å². The van der Waals surface area contributed by atoms with Crippen LogP contribution in [0, 0.1) is 36.5 Å². The number of nitrogens with two attached hydrogens (primary N) is 1. The molecule has 0 aliphatic rings. The van der Waals surface area contributed by atoms with Crippen LogP contribution in [0.25, 0.3) is 0 Å². The summed E-state index contributed by atoms with van der Waals surface area (Å²) in [5.74, 6) is 5.15. The quantitative estimate of drug-likeness (QED) is 0.0214. The summed E-state index contributed by atoms with van der Waals surface area (Å²) in [7, 11) is 19.7. The van der Waals surface area contributed by atoms with Gasteiger partial charge in [0.05, 0.1) is 74.1 Å². The molecule has 0 radical (unpaired) electrons. The lowest BCUT2D eigenvalue weighted by Gasteiger charge is -2.20. The molecule has 24 heteroatoms. The van der Waals surface area contributed by atoms with Gasteiger partial charge in [0.25, 0.3) is 23.5 Å². The Morgan fingerprint density at radius 2 is 0.856 bits per heavy atom. The van der Waals surface area contributed by atoms with Crippen LogP contribution in [0.1, 0.15) is 120 Å². The second-order valence-electron chi connectivity index (χ2n) is 22.0. The van der Waals surface area contributed by atoms with Crippen molar-refractivity contribution in [3.63, 3.8) is 0 Å². The number of ketones is 2. The third-order valence-electron chi connectivity index (χ3n) is 13.7. The molecule has 0 saturated carbocycles. The lowest BCUT2D eigenvalue weighted by Crippen LogP contribution is -2.38. The zero-order valence-corrected chi connectivity index (χ0v) is 58.3. The molecule has 0 fully saturated rings. The van der Waals surface area contributed by atoms with Gasteiger partial charge in [0.2, 0.25) is 5.91 Å². The van der Waals surface area contributed by atoms with Gasteiger partial charge in [-0.25, -0.2) is 25.0 Å². The summed E-state index contributed by atoms with van der Waals surface area (Å²) in [4.78, 5) is 57.6. The summed E-state index contributed by atoms with van der Waals surface area (Å²) in [6.07, 6.45) is 10.7. The Labute approximate surface area is 537 Å². The molecule has 1 amide bonds. The monoisotopic (exact) mass is 1270 g/mol. The van der Waals surface area contributed by atoms with Crippen molar-refractivity contribution in [3.8, 4) is 46.5 Å². The molecule has 512 valence electrons. The van der Waals surface area contributed by atoms with E-state index in [2.05, 4.69) is 44.4 Å². The van der Waals surface area contributed by atoms with Crippen LogP contribution < -0.4 is 54.3 Å². The van der Waals surface area contributed by atoms with Crippen LogP contribution >= 0.6 is 0 Å². The second-order valence-corrected chi connectivity index (χ2v) is 22.0. The largest absolute Gasteiger partial charge is 0.488 e. The fraction of sp³-hybridized carbons (Fsp3) is 0.652.